The first-order valence-electron chi connectivity index (χ1n) is 6.64. The molecule has 2 heteroatoms. The first-order valence-corrected chi connectivity index (χ1v) is 6.64. The quantitative estimate of drug-likeness (QED) is 0.665. The molecule has 90 valence electrons. The highest BCUT2D eigenvalue weighted by atomic mass is 15.1. The van der Waals surface area contributed by atoms with Gasteiger partial charge in [-0.3, -0.25) is 0 Å². The van der Waals surface area contributed by atoms with Gasteiger partial charge >= 0.3 is 0 Å². The van der Waals surface area contributed by atoms with Gasteiger partial charge in [0, 0.05) is 18.6 Å². The van der Waals surface area contributed by atoms with Gasteiger partial charge in [-0.25, -0.2) is 0 Å². The molecule has 0 aromatic rings. The van der Waals surface area contributed by atoms with Crippen molar-refractivity contribution in [2.45, 2.75) is 59.0 Å². The van der Waals surface area contributed by atoms with E-state index in [0.29, 0.717) is 0 Å². The highest BCUT2D eigenvalue weighted by molar-refractivity contribution is 4.82. The van der Waals surface area contributed by atoms with Gasteiger partial charge in [0.15, 0.2) is 0 Å². The summed E-state index contributed by atoms with van der Waals surface area (Å²) < 4.78 is 0. The van der Waals surface area contributed by atoms with Gasteiger partial charge in [-0.05, 0) is 45.2 Å². The largest absolute Gasteiger partial charge is 0.314 e. The molecule has 0 aliphatic heterocycles. The maximum Gasteiger partial charge on any atom is 0.00683 e. The third-order valence-electron chi connectivity index (χ3n) is 3.50. The minimum absolute atomic E-state index is 0.735. The van der Waals surface area contributed by atoms with Crippen LogP contribution in [0.25, 0.3) is 0 Å². The van der Waals surface area contributed by atoms with Gasteiger partial charge in [0.25, 0.3) is 0 Å². The Bertz CT molecular complexity index is 166. The Hall–Kier alpha value is -0.0800. The van der Waals surface area contributed by atoms with E-state index < -0.39 is 0 Å². The van der Waals surface area contributed by atoms with E-state index >= 15 is 0 Å². The summed E-state index contributed by atoms with van der Waals surface area (Å²) in [5.74, 6) is 0.777. The van der Waals surface area contributed by atoms with E-state index in [1.54, 1.807) is 0 Å². The number of hydrogen-bond acceptors (Lipinski definition) is 2. The molecule has 0 radical (unpaired) electrons. The van der Waals surface area contributed by atoms with E-state index in [2.05, 4.69) is 37.9 Å². The second kappa shape index (κ2) is 6.49. The van der Waals surface area contributed by atoms with Crippen molar-refractivity contribution in [2.75, 3.05) is 19.6 Å². The highest BCUT2D eigenvalue weighted by Gasteiger charge is 2.21. The third-order valence-corrected chi connectivity index (χ3v) is 3.50. The van der Waals surface area contributed by atoms with Crippen molar-refractivity contribution in [3.63, 3.8) is 0 Å². The van der Waals surface area contributed by atoms with Gasteiger partial charge in [0.2, 0.25) is 0 Å². The molecular weight excluding hydrogens is 184 g/mol. The van der Waals surface area contributed by atoms with E-state index in [1.165, 1.54) is 38.9 Å². The lowest BCUT2D eigenvalue weighted by Gasteiger charge is -2.29. The van der Waals surface area contributed by atoms with Crippen LogP contribution in [0, 0.1) is 5.92 Å². The van der Waals surface area contributed by atoms with Crippen molar-refractivity contribution >= 4 is 0 Å². The highest BCUT2D eigenvalue weighted by Crippen LogP contribution is 2.19. The molecular formula is C13H28N2. The van der Waals surface area contributed by atoms with Crippen LogP contribution in [0.5, 0.6) is 0 Å². The smallest absolute Gasteiger partial charge is 0.00683 e. The average molecular weight is 212 g/mol. The van der Waals surface area contributed by atoms with Gasteiger partial charge in [0.1, 0.15) is 0 Å². The molecule has 1 rings (SSSR count). The van der Waals surface area contributed by atoms with E-state index in [1.807, 2.05) is 0 Å². The number of nitrogens with zero attached hydrogens (tertiary/aromatic N) is 1. The average Bonchev–Trinajstić information content (AvgIpc) is 3.05. The Labute approximate surface area is 95.4 Å². The molecule has 1 N–H and O–H groups in total. The summed E-state index contributed by atoms with van der Waals surface area (Å²) in [6.45, 7) is 12.9. The Morgan fingerprint density at radius 1 is 1.27 bits per heavy atom. The molecule has 1 aliphatic rings. The van der Waals surface area contributed by atoms with Crippen molar-refractivity contribution < 1.29 is 0 Å². The summed E-state index contributed by atoms with van der Waals surface area (Å²) in [5.41, 5.74) is 0. The summed E-state index contributed by atoms with van der Waals surface area (Å²) in [6, 6.07) is 1.59. The molecule has 0 aromatic heterocycles. The monoisotopic (exact) mass is 212 g/mol. The summed E-state index contributed by atoms with van der Waals surface area (Å²) in [7, 11) is 0. The summed E-state index contributed by atoms with van der Waals surface area (Å²) in [6.07, 6.45) is 4.06. The van der Waals surface area contributed by atoms with Crippen LogP contribution in [0.15, 0.2) is 0 Å². The normalized spacial score (nSPS) is 20.6. The zero-order valence-corrected chi connectivity index (χ0v) is 10.9. The van der Waals surface area contributed by atoms with E-state index in [-0.39, 0.29) is 0 Å². The Balaban J connectivity index is 2.16. The van der Waals surface area contributed by atoms with Gasteiger partial charge in [0.05, 0.1) is 0 Å². The first kappa shape index (κ1) is 13.0. The summed E-state index contributed by atoms with van der Waals surface area (Å²) >= 11 is 0. The van der Waals surface area contributed by atoms with Crippen LogP contribution in [0.2, 0.25) is 0 Å². The number of nitrogens with one attached hydrogen (secondary N) is 1. The fourth-order valence-electron chi connectivity index (χ4n) is 2.00. The van der Waals surface area contributed by atoms with Gasteiger partial charge in [-0.15, -0.1) is 0 Å². The molecule has 2 unspecified atom stereocenters. The van der Waals surface area contributed by atoms with Gasteiger partial charge in [-0.2, -0.15) is 0 Å². The fraction of sp³-hybridized carbons (Fsp3) is 1.00. The summed E-state index contributed by atoms with van der Waals surface area (Å²) in [4.78, 5) is 2.60. The topological polar surface area (TPSA) is 15.3 Å². The second-order valence-corrected chi connectivity index (χ2v) is 5.13. The molecule has 2 atom stereocenters. The molecule has 1 fully saturated rings. The standard InChI is InChI=1S/C13H28N2/c1-5-12(4)15(6-2)10-11(3)9-14-13-7-8-13/h11-14H,5-10H2,1-4H3. The van der Waals surface area contributed by atoms with Crippen molar-refractivity contribution in [3.8, 4) is 0 Å². The molecule has 0 amide bonds. The second-order valence-electron chi connectivity index (χ2n) is 5.13. The van der Waals surface area contributed by atoms with E-state index in [9.17, 15) is 0 Å². The molecule has 0 heterocycles. The Morgan fingerprint density at radius 3 is 2.40 bits per heavy atom. The van der Waals surface area contributed by atoms with Crippen molar-refractivity contribution in [2.24, 2.45) is 5.92 Å². The zero-order valence-electron chi connectivity index (χ0n) is 10.9. The minimum Gasteiger partial charge on any atom is -0.314 e. The van der Waals surface area contributed by atoms with Crippen molar-refractivity contribution in [1.29, 1.82) is 0 Å². The van der Waals surface area contributed by atoms with Crippen LogP contribution in [-0.2, 0) is 0 Å². The predicted molar refractivity (Wildman–Crippen MR) is 67.2 cm³/mol. The van der Waals surface area contributed by atoms with Crippen molar-refractivity contribution in [3.05, 3.63) is 0 Å². The molecule has 2 nitrogen and oxygen atoms in total. The third kappa shape index (κ3) is 4.98. The van der Waals surface area contributed by atoms with Crippen LogP contribution in [0.3, 0.4) is 0 Å². The van der Waals surface area contributed by atoms with Gasteiger partial charge < -0.3 is 10.2 Å². The van der Waals surface area contributed by atoms with E-state index in [4.69, 9.17) is 0 Å². The van der Waals surface area contributed by atoms with Crippen molar-refractivity contribution in [1.82, 2.24) is 10.2 Å². The number of rotatable bonds is 8. The lowest BCUT2D eigenvalue weighted by molar-refractivity contribution is 0.185. The van der Waals surface area contributed by atoms with Crippen LogP contribution in [0.4, 0.5) is 0 Å². The minimum atomic E-state index is 0.735. The molecule has 1 aliphatic carbocycles. The Morgan fingerprint density at radius 2 is 1.93 bits per heavy atom. The predicted octanol–water partition coefficient (Wildman–Crippen LogP) is 2.49. The number of hydrogen-bond donors (Lipinski definition) is 1. The molecule has 0 bridgehead atoms. The van der Waals surface area contributed by atoms with Gasteiger partial charge in [-0.1, -0.05) is 20.8 Å². The fourth-order valence-corrected chi connectivity index (χ4v) is 2.00. The summed E-state index contributed by atoms with van der Waals surface area (Å²) in [5, 5.41) is 3.62. The van der Waals surface area contributed by atoms with Crippen LogP contribution in [-0.4, -0.2) is 36.6 Å². The van der Waals surface area contributed by atoms with Crippen LogP contribution >= 0.6 is 0 Å². The molecule has 1 saturated carbocycles. The maximum atomic E-state index is 3.62. The molecule has 0 spiro atoms. The van der Waals surface area contributed by atoms with Crippen LogP contribution in [0.1, 0.15) is 47.0 Å². The molecule has 0 aromatic carbocycles. The van der Waals surface area contributed by atoms with Crippen LogP contribution < -0.4 is 5.32 Å². The zero-order chi connectivity index (χ0) is 11.3. The van der Waals surface area contributed by atoms with E-state index in [0.717, 1.165) is 18.0 Å². The Kier molecular flexibility index (Phi) is 5.62. The lowest BCUT2D eigenvalue weighted by atomic mass is 10.1. The maximum absolute atomic E-state index is 3.62. The lowest BCUT2D eigenvalue weighted by Crippen LogP contribution is -2.38. The first-order chi connectivity index (χ1) is 7.17. The molecule has 0 saturated heterocycles. The molecule has 15 heavy (non-hydrogen) atoms. The SMILES string of the molecule is CCC(C)N(CC)CC(C)CNC1CC1.